The van der Waals surface area contributed by atoms with Crippen molar-refractivity contribution in [3.63, 3.8) is 0 Å². The third-order valence-electron chi connectivity index (χ3n) is 3.44. The van der Waals surface area contributed by atoms with Gasteiger partial charge in [-0.3, -0.25) is 4.85 Å². The van der Waals surface area contributed by atoms with E-state index < -0.39 is 6.17 Å². The normalized spacial score (nSPS) is 11.3. The third-order valence-corrected chi connectivity index (χ3v) is 3.44. The van der Waals surface area contributed by atoms with E-state index in [2.05, 4.69) is 14.9 Å². The Labute approximate surface area is 135 Å². The molecule has 0 radical (unpaired) electrons. The topological polar surface area (TPSA) is 51.9 Å². The Bertz CT molecular complexity index is 688. The molecule has 23 heavy (non-hydrogen) atoms. The van der Waals surface area contributed by atoms with Crippen LogP contribution < -0.4 is 10.1 Å². The van der Waals surface area contributed by atoms with Crippen LogP contribution in [0, 0.1) is 6.57 Å². The van der Waals surface area contributed by atoms with Crippen LogP contribution in [0.4, 0.5) is 0 Å². The Hall–Kier alpha value is -2.84. The van der Waals surface area contributed by atoms with E-state index in [9.17, 15) is 4.79 Å². The standard InChI is InChI=1S/C18H18N2O3/c1-19-17(14-6-8-15(9-7-14)18(21)23-3)20-12-13-4-10-16(22-2)11-5-13/h4-11,17,20H,12H2,2-3H3. The van der Waals surface area contributed by atoms with Gasteiger partial charge < -0.3 is 9.47 Å². The Morgan fingerprint density at radius 2 is 1.78 bits per heavy atom. The summed E-state index contributed by atoms with van der Waals surface area (Å²) in [6.07, 6.45) is -0.469. The maximum absolute atomic E-state index is 11.4. The summed E-state index contributed by atoms with van der Waals surface area (Å²) in [5.74, 6) is 0.413. The average molecular weight is 310 g/mol. The van der Waals surface area contributed by atoms with E-state index in [1.165, 1.54) is 7.11 Å². The van der Waals surface area contributed by atoms with Crippen LogP contribution in [0.5, 0.6) is 5.75 Å². The molecule has 1 N–H and O–H groups in total. The summed E-state index contributed by atoms with van der Waals surface area (Å²) in [7, 11) is 2.97. The number of rotatable bonds is 6. The number of hydrogen-bond acceptors (Lipinski definition) is 4. The molecule has 1 atom stereocenters. The molecular formula is C18H18N2O3. The van der Waals surface area contributed by atoms with E-state index in [0.717, 1.165) is 16.9 Å². The number of ether oxygens (including phenoxy) is 2. The number of carbonyl (C=O) groups is 1. The number of hydrogen-bond donors (Lipinski definition) is 1. The van der Waals surface area contributed by atoms with Gasteiger partial charge in [0.15, 0.2) is 0 Å². The van der Waals surface area contributed by atoms with Gasteiger partial charge in [-0.25, -0.2) is 16.7 Å². The van der Waals surface area contributed by atoms with Gasteiger partial charge in [-0.2, -0.15) is 0 Å². The fraction of sp³-hybridized carbons (Fsp3) is 0.222. The second kappa shape index (κ2) is 7.97. The summed E-state index contributed by atoms with van der Waals surface area (Å²) < 4.78 is 9.78. The molecule has 0 aliphatic heterocycles. The number of methoxy groups -OCH3 is 2. The molecule has 0 bridgehead atoms. The minimum atomic E-state index is -0.469. The molecular weight excluding hydrogens is 292 g/mol. The van der Waals surface area contributed by atoms with Crippen LogP contribution in [0.2, 0.25) is 0 Å². The molecule has 2 aromatic carbocycles. The molecule has 0 aliphatic rings. The second-order valence-electron chi connectivity index (χ2n) is 4.87. The van der Waals surface area contributed by atoms with Crippen molar-refractivity contribution >= 4 is 5.97 Å². The number of nitrogens with zero attached hydrogens (tertiary/aromatic N) is 1. The van der Waals surface area contributed by atoms with Crippen LogP contribution in [-0.2, 0) is 11.3 Å². The number of carbonyl (C=O) groups excluding carboxylic acids is 1. The highest BCUT2D eigenvalue weighted by atomic mass is 16.5. The average Bonchev–Trinajstić information content (AvgIpc) is 2.62. The first-order chi connectivity index (χ1) is 11.2. The van der Waals surface area contributed by atoms with E-state index in [1.54, 1.807) is 31.4 Å². The molecule has 0 spiro atoms. The van der Waals surface area contributed by atoms with Crippen molar-refractivity contribution < 1.29 is 14.3 Å². The molecule has 118 valence electrons. The van der Waals surface area contributed by atoms with Crippen molar-refractivity contribution in [2.75, 3.05) is 14.2 Å². The Morgan fingerprint density at radius 3 is 2.30 bits per heavy atom. The summed E-state index contributed by atoms with van der Waals surface area (Å²) in [6.45, 7) is 7.92. The fourth-order valence-corrected chi connectivity index (χ4v) is 2.12. The zero-order valence-electron chi connectivity index (χ0n) is 13.1. The molecule has 0 saturated carbocycles. The van der Waals surface area contributed by atoms with Gasteiger partial charge >= 0.3 is 12.1 Å². The van der Waals surface area contributed by atoms with Crippen LogP contribution >= 0.6 is 0 Å². The van der Waals surface area contributed by atoms with Crippen LogP contribution in [0.25, 0.3) is 4.85 Å². The SMILES string of the molecule is [C-]#[N+]C(NCc1ccc(OC)cc1)c1ccc(C(=O)OC)cc1. The zero-order valence-corrected chi connectivity index (χ0v) is 13.1. The molecule has 0 aliphatic carbocycles. The smallest absolute Gasteiger partial charge is 0.337 e. The minimum Gasteiger partial charge on any atom is -0.497 e. The van der Waals surface area contributed by atoms with Crippen molar-refractivity contribution in [3.8, 4) is 5.75 Å². The molecule has 0 aromatic heterocycles. The number of nitrogens with one attached hydrogen (secondary N) is 1. The molecule has 0 amide bonds. The predicted octanol–water partition coefficient (Wildman–Crippen LogP) is 3.19. The molecule has 0 heterocycles. The first-order valence-electron chi connectivity index (χ1n) is 7.09. The van der Waals surface area contributed by atoms with Crippen molar-refractivity contribution in [1.29, 1.82) is 0 Å². The van der Waals surface area contributed by atoms with Crippen molar-refractivity contribution in [3.05, 3.63) is 76.6 Å². The van der Waals surface area contributed by atoms with Gasteiger partial charge in [0, 0.05) is 6.54 Å². The summed E-state index contributed by atoms with van der Waals surface area (Å²) in [5.41, 5.74) is 2.34. The zero-order chi connectivity index (χ0) is 16.7. The lowest BCUT2D eigenvalue weighted by atomic mass is 10.1. The number of esters is 1. The highest BCUT2D eigenvalue weighted by Gasteiger charge is 2.15. The first kappa shape index (κ1) is 16.5. The van der Waals surface area contributed by atoms with E-state index in [4.69, 9.17) is 11.3 Å². The highest BCUT2D eigenvalue weighted by Crippen LogP contribution is 2.17. The van der Waals surface area contributed by atoms with Crippen LogP contribution in [-0.4, -0.2) is 20.2 Å². The van der Waals surface area contributed by atoms with Crippen LogP contribution in [0.15, 0.2) is 48.5 Å². The Morgan fingerprint density at radius 1 is 1.13 bits per heavy atom. The molecule has 0 saturated heterocycles. The lowest BCUT2D eigenvalue weighted by Gasteiger charge is -2.09. The molecule has 5 nitrogen and oxygen atoms in total. The quantitative estimate of drug-likeness (QED) is 0.657. The fourth-order valence-electron chi connectivity index (χ4n) is 2.12. The maximum Gasteiger partial charge on any atom is 0.337 e. The van der Waals surface area contributed by atoms with Gasteiger partial charge in [0.25, 0.3) is 0 Å². The van der Waals surface area contributed by atoms with Crippen LogP contribution in [0.3, 0.4) is 0 Å². The summed E-state index contributed by atoms with van der Waals surface area (Å²) in [6, 6.07) is 14.5. The lowest BCUT2D eigenvalue weighted by Crippen LogP contribution is -2.18. The maximum atomic E-state index is 11.4. The van der Waals surface area contributed by atoms with Crippen LogP contribution in [0.1, 0.15) is 27.7 Å². The van der Waals surface area contributed by atoms with Crippen molar-refractivity contribution in [2.24, 2.45) is 0 Å². The number of benzene rings is 2. The van der Waals surface area contributed by atoms with Gasteiger partial charge in [-0.05, 0) is 42.0 Å². The monoisotopic (exact) mass is 310 g/mol. The van der Waals surface area contributed by atoms with Gasteiger partial charge in [-0.1, -0.05) is 12.1 Å². The van der Waals surface area contributed by atoms with E-state index in [1.807, 2.05) is 24.3 Å². The Balaban J connectivity index is 2.02. The summed E-state index contributed by atoms with van der Waals surface area (Å²) in [4.78, 5) is 15.0. The molecule has 1 unspecified atom stereocenters. The molecule has 5 heteroatoms. The first-order valence-corrected chi connectivity index (χ1v) is 7.09. The molecule has 2 aromatic rings. The van der Waals surface area contributed by atoms with Gasteiger partial charge in [-0.15, -0.1) is 0 Å². The van der Waals surface area contributed by atoms with Gasteiger partial charge in [0.2, 0.25) is 0 Å². The predicted molar refractivity (Wildman–Crippen MR) is 87.0 cm³/mol. The molecule has 0 fully saturated rings. The second-order valence-corrected chi connectivity index (χ2v) is 4.87. The largest absolute Gasteiger partial charge is 0.497 e. The summed E-state index contributed by atoms with van der Waals surface area (Å²) >= 11 is 0. The third kappa shape index (κ3) is 4.31. The summed E-state index contributed by atoms with van der Waals surface area (Å²) in [5, 5.41) is 3.19. The molecule has 2 rings (SSSR count). The van der Waals surface area contributed by atoms with Crippen molar-refractivity contribution in [2.45, 2.75) is 12.7 Å². The van der Waals surface area contributed by atoms with Crippen molar-refractivity contribution in [1.82, 2.24) is 5.32 Å². The van der Waals surface area contributed by atoms with Gasteiger partial charge in [0.05, 0.1) is 25.3 Å². The lowest BCUT2D eigenvalue weighted by molar-refractivity contribution is 0.0600. The van der Waals surface area contributed by atoms with E-state index in [-0.39, 0.29) is 5.97 Å². The Kier molecular flexibility index (Phi) is 5.73. The highest BCUT2D eigenvalue weighted by molar-refractivity contribution is 5.89. The van der Waals surface area contributed by atoms with Gasteiger partial charge in [0.1, 0.15) is 5.75 Å². The van der Waals surface area contributed by atoms with E-state index >= 15 is 0 Å². The van der Waals surface area contributed by atoms with E-state index in [0.29, 0.717) is 12.1 Å². The minimum absolute atomic E-state index is 0.387.